The molecular weight excluding hydrogens is 275 g/mol. The van der Waals surface area contributed by atoms with Crippen LogP contribution in [0, 0.1) is 5.92 Å². The smallest absolute Gasteiger partial charge is 0.130 e. The van der Waals surface area contributed by atoms with Gasteiger partial charge in [0.2, 0.25) is 0 Å². The molecule has 4 nitrogen and oxygen atoms in total. The number of hydrogen-bond acceptors (Lipinski definition) is 4. The van der Waals surface area contributed by atoms with Gasteiger partial charge in [-0.15, -0.1) is 0 Å². The van der Waals surface area contributed by atoms with Crippen molar-refractivity contribution in [2.45, 2.75) is 64.0 Å². The van der Waals surface area contributed by atoms with E-state index in [0.29, 0.717) is 24.3 Å². The number of carbonyl (C=O) groups excluding carboxylic acids is 1. The van der Waals surface area contributed by atoms with E-state index >= 15 is 0 Å². The summed E-state index contributed by atoms with van der Waals surface area (Å²) in [7, 11) is 2.13. The highest BCUT2D eigenvalue weighted by Gasteiger charge is 2.18. The van der Waals surface area contributed by atoms with E-state index in [9.17, 15) is 9.90 Å². The average Bonchev–Trinajstić information content (AvgIpc) is 2.44. The Labute approximate surface area is 135 Å². The average molecular weight is 304 g/mol. The molecule has 1 aliphatic rings. The molecule has 0 spiro atoms. The van der Waals surface area contributed by atoms with Crippen LogP contribution in [0.2, 0.25) is 0 Å². The van der Waals surface area contributed by atoms with Crippen molar-refractivity contribution in [3.8, 4) is 0 Å². The first-order valence-corrected chi connectivity index (χ1v) is 8.22. The van der Waals surface area contributed by atoms with Crippen LogP contribution in [0.1, 0.15) is 46.0 Å². The van der Waals surface area contributed by atoms with Gasteiger partial charge in [-0.1, -0.05) is 19.1 Å². The number of aldehydes is 1. The summed E-state index contributed by atoms with van der Waals surface area (Å²) < 4.78 is 0. The lowest BCUT2D eigenvalue weighted by Gasteiger charge is -2.25. The highest BCUT2D eigenvalue weighted by Crippen LogP contribution is 2.25. The van der Waals surface area contributed by atoms with Gasteiger partial charge in [0.25, 0.3) is 0 Å². The molecule has 0 radical (unpaired) electrons. The lowest BCUT2D eigenvalue weighted by molar-refractivity contribution is -0.109. The molecule has 5 heteroatoms. The van der Waals surface area contributed by atoms with Gasteiger partial charge < -0.3 is 15.2 Å². The van der Waals surface area contributed by atoms with Crippen molar-refractivity contribution in [3.63, 3.8) is 0 Å². The van der Waals surface area contributed by atoms with E-state index in [2.05, 4.69) is 44.7 Å². The van der Waals surface area contributed by atoms with E-state index in [1.807, 2.05) is 6.21 Å². The van der Waals surface area contributed by atoms with Crippen LogP contribution in [0.25, 0.3) is 0 Å². The summed E-state index contributed by atoms with van der Waals surface area (Å²) in [5.74, 6) is 0.777. The Hall–Kier alpha value is -1.36. The third-order valence-corrected chi connectivity index (χ3v) is 4.33. The fourth-order valence-electron chi connectivity index (χ4n) is 2.69. The lowest BCUT2D eigenvalue weighted by Crippen LogP contribution is -2.29. The molecule has 0 fully saturated rings. The monoisotopic (exact) mass is 304 g/mol. The summed E-state index contributed by atoms with van der Waals surface area (Å²) in [4.78, 5) is 14.7. The van der Waals surface area contributed by atoms with Gasteiger partial charge >= 0.3 is 0 Å². The van der Waals surface area contributed by atoms with E-state index < -0.39 is 6.10 Å². The molecule has 0 aromatic heterocycles. The molecule has 122 valence electrons. The predicted octanol–water partition coefficient (Wildman–Crippen LogP) is 1.59. The van der Waals surface area contributed by atoms with Crippen LogP contribution in [0.4, 0.5) is 0 Å². The molecule has 0 saturated carbocycles. The van der Waals surface area contributed by atoms with Crippen LogP contribution in [0.3, 0.4) is 0 Å². The fraction of sp³-hybridized carbons (Fsp3) is 0.647. The third-order valence-electron chi connectivity index (χ3n) is 4.33. The van der Waals surface area contributed by atoms with E-state index in [1.54, 1.807) is 0 Å². The molecule has 2 N–H and O–H groups in total. The summed E-state index contributed by atoms with van der Waals surface area (Å²) in [6, 6.07) is 0.338. The van der Waals surface area contributed by atoms with Crippen LogP contribution < -0.4 is 5.32 Å². The second-order valence-electron chi connectivity index (χ2n) is 6.38. The van der Waals surface area contributed by atoms with Gasteiger partial charge in [0.15, 0.2) is 0 Å². The second-order valence-corrected chi connectivity index (χ2v) is 6.38. The maximum Gasteiger partial charge on any atom is 0.130 e. The first-order chi connectivity index (χ1) is 10.4. The molecule has 1 rings (SSSR count). The zero-order valence-electron chi connectivity index (χ0n) is 14.1. The van der Waals surface area contributed by atoms with Crippen molar-refractivity contribution in [1.82, 2.24) is 5.32 Å². The molecule has 4 atom stereocenters. The van der Waals surface area contributed by atoms with Crippen molar-refractivity contribution >= 4 is 20.3 Å². The quantitative estimate of drug-likeness (QED) is 0.476. The van der Waals surface area contributed by atoms with Crippen molar-refractivity contribution < 1.29 is 9.90 Å². The van der Waals surface area contributed by atoms with Gasteiger partial charge in [-0.05, 0) is 44.1 Å². The Morgan fingerprint density at radius 2 is 2.27 bits per heavy atom. The van der Waals surface area contributed by atoms with Crippen LogP contribution in [0.5, 0.6) is 0 Å². The number of allylic oxidation sites excluding steroid dienone is 2. The topological polar surface area (TPSA) is 61.7 Å². The first kappa shape index (κ1) is 18.7. The number of aliphatic hydroxyl groups excluding tert-OH is 1. The molecule has 0 aromatic rings. The zero-order valence-corrected chi connectivity index (χ0v) is 14.1. The molecule has 0 bridgehead atoms. The predicted molar refractivity (Wildman–Crippen MR) is 95.0 cm³/mol. The first-order valence-electron chi connectivity index (χ1n) is 8.22. The Bertz CT molecular complexity index is 434. The minimum absolute atomic E-state index is 0.236. The van der Waals surface area contributed by atoms with Crippen LogP contribution >= 0.6 is 0 Å². The summed E-state index contributed by atoms with van der Waals surface area (Å²) in [6.07, 6.45) is 7.90. The Morgan fingerprint density at radius 1 is 1.55 bits per heavy atom. The Kier molecular flexibility index (Phi) is 8.17. The summed E-state index contributed by atoms with van der Waals surface area (Å²) >= 11 is 0. The molecule has 0 amide bonds. The minimum Gasteiger partial charge on any atom is -0.394 e. The van der Waals surface area contributed by atoms with E-state index in [0.717, 1.165) is 31.2 Å². The zero-order chi connectivity index (χ0) is 16.5. The number of dihydropyridines is 1. The van der Waals surface area contributed by atoms with Gasteiger partial charge in [-0.25, -0.2) is 0 Å². The Morgan fingerprint density at radius 3 is 2.95 bits per heavy atom. The van der Waals surface area contributed by atoms with E-state index in [1.165, 1.54) is 5.57 Å². The number of hydrogen-bond donors (Lipinski definition) is 2. The standard InChI is InChI=1S/C17H29BN2O2/c1-12(11-15-7-9-19-14(3)13(15)2)20-17(18)6-4-5-16(22)8-10-21/h7,9-10,13-14,16-17,20,22H,1,4-6,8,11,18H2,2-3H3. The number of nitrogens with one attached hydrogen (secondary N) is 1. The molecule has 0 aliphatic carbocycles. The van der Waals surface area contributed by atoms with E-state index in [-0.39, 0.29) is 6.42 Å². The number of nitrogens with zero attached hydrogens (tertiary/aromatic N) is 1. The van der Waals surface area contributed by atoms with E-state index in [4.69, 9.17) is 0 Å². The summed E-state index contributed by atoms with van der Waals surface area (Å²) in [5, 5.41) is 13.0. The number of aliphatic hydroxyl groups is 1. The second kappa shape index (κ2) is 9.62. The van der Waals surface area contributed by atoms with Crippen molar-refractivity contribution in [1.29, 1.82) is 0 Å². The largest absolute Gasteiger partial charge is 0.394 e. The van der Waals surface area contributed by atoms with Crippen LogP contribution in [-0.2, 0) is 4.79 Å². The van der Waals surface area contributed by atoms with Crippen LogP contribution in [-0.4, -0.2) is 43.5 Å². The van der Waals surface area contributed by atoms with Crippen molar-refractivity contribution in [3.05, 3.63) is 23.9 Å². The molecule has 0 aromatic carbocycles. The minimum atomic E-state index is -0.498. The lowest BCUT2D eigenvalue weighted by atomic mass is 9.87. The van der Waals surface area contributed by atoms with Crippen molar-refractivity contribution in [2.75, 3.05) is 0 Å². The third kappa shape index (κ3) is 6.61. The normalized spacial score (nSPS) is 23.5. The molecule has 1 heterocycles. The highest BCUT2D eigenvalue weighted by molar-refractivity contribution is 6.11. The van der Waals surface area contributed by atoms with Gasteiger partial charge in [0, 0.05) is 24.8 Å². The molecule has 0 saturated heterocycles. The molecule has 22 heavy (non-hydrogen) atoms. The maximum absolute atomic E-state index is 10.3. The number of aliphatic imine (C=N–C) groups is 1. The SMILES string of the molecule is BC(CCCC(O)CC=O)NC(=C)CC1=CC=NC(C)C1C. The van der Waals surface area contributed by atoms with Crippen LogP contribution in [0.15, 0.2) is 28.9 Å². The van der Waals surface area contributed by atoms with Gasteiger partial charge in [0.1, 0.15) is 14.1 Å². The number of carbonyl (C=O) groups is 1. The maximum atomic E-state index is 10.3. The fourth-order valence-corrected chi connectivity index (χ4v) is 2.69. The van der Waals surface area contributed by atoms with Gasteiger partial charge in [-0.2, -0.15) is 0 Å². The molecular formula is C17H29BN2O2. The molecule has 4 unspecified atom stereocenters. The van der Waals surface area contributed by atoms with Gasteiger partial charge in [-0.3, -0.25) is 4.99 Å². The van der Waals surface area contributed by atoms with Crippen molar-refractivity contribution in [2.24, 2.45) is 10.9 Å². The van der Waals surface area contributed by atoms with Gasteiger partial charge in [0.05, 0.1) is 12.1 Å². The summed E-state index contributed by atoms with van der Waals surface area (Å²) in [6.45, 7) is 8.47. The number of rotatable bonds is 10. The molecule has 1 aliphatic heterocycles. The highest BCUT2D eigenvalue weighted by atomic mass is 16.3. The summed E-state index contributed by atoms with van der Waals surface area (Å²) in [5.41, 5.74) is 2.40. The Balaban J connectivity index is 2.28.